The number of ether oxygens (including phenoxy) is 1. The summed E-state index contributed by atoms with van der Waals surface area (Å²) in [7, 11) is 0. The zero-order chi connectivity index (χ0) is 21.2. The number of nitrogens with one attached hydrogen (secondary N) is 1. The van der Waals surface area contributed by atoms with Crippen molar-refractivity contribution >= 4 is 11.9 Å². The monoisotopic (exact) mass is 408 g/mol. The van der Waals surface area contributed by atoms with Crippen molar-refractivity contribution in [2.75, 3.05) is 6.54 Å². The highest BCUT2D eigenvalue weighted by molar-refractivity contribution is 5.98. The fraction of sp³-hybridized carbons (Fsp3) is 0.273. The molecule has 1 atom stereocenters. The third kappa shape index (κ3) is 6.25. The van der Waals surface area contributed by atoms with Gasteiger partial charge >= 0.3 is 6.09 Å². The van der Waals surface area contributed by atoms with E-state index in [1.165, 1.54) is 0 Å². The number of carbonyl (C=O) groups is 2. The summed E-state index contributed by atoms with van der Waals surface area (Å²) in [5.41, 5.74) is 7.40. The van der Waals surface area contributed by atoms with Gasteiger partial charge in [0.2, 0.25) is 17.5 Å². The predicted octanol–water partition coefficient (Wildman–Crippen LogP) is 2.88. The molecular weight excluding hydrogens is 384 g/mol. The summed E-state index contributed by atoms with van der Waals surface area (Å²) in [6, 6.07) is 18.0. The number of hydrogen-bond acceptors (Lipinski definition) is 7. The Morgan fingerprint density at radius 1 is 1.03 bits per heavy atom. The molecule has 0 saturated heterocycles. The zero-order valence-corrected chi connectivity index (χ0v) is 16.5. The fourth-order valence-electron chi connectivity index (χ4n) is 2.85. The second-order valence-corrected chi connectivity index (χ2v) is 6.73. The van der Waals surface area contributed by atoms with E-state index in [4.69, 9.17) is 15.0 Å². The maximum Gasteiger partial charge on any atom is 0.408 e. The molecular formula is C22H24N4O4. The first-order valence-corrected chi connectivity index (χ1v) is 9.73. The van der Waals surface area contributed by atoms with Gasteiger partial charge in [0, 0.05) is 0 Å². The van der Waals surface area contributed by atoms with Gasteiger partial charge in [-0.2, -0.15) is 4.98 Å². The number of ketones is 1. The van der Waals surface area contributed by atoms with Crippen LogP contribution in [0, 0.1) is 0 Å². The molecule has 0 aliphatic carbocycles. The van der Waals surface area contributed by atoms with Crippen molar-refractivity contribution in [1.29, 1.82) is 0 Å². The first kappa shape index (κ1) is 21.2. The van der Waals surface area contributed by atoms with Crippen LogP contribution in [0.1, 0.15) is 40.5 Å². The Labute approximate surface area is 174 Å². The summed E-state index contributed by atoms with van der Waals surface area (Å²) in [5, 5.41) is 6.37. The molecule has 2 aromatic carbocycles. The SMILES string of the molecule is NCCC[C@H](NC(=O)OCc1ccccc1)C(=O)c1noc(Cc2ccccc2)n1. The number of rotatable bonds is 10. The lowest BCUT2D eigenvalue weighted by Gasteiger charge is -2.15. The topological polar surface area (TPSA) is 120 Å². The second kappa shape index (κ2) is 10.9. The van der Waals surface area contributed by atoms with Gasteiger partial charge in [0.15, 0.2) is 0 Å². The molecule has 0 bridgehead atoms. The Morgan fingerprint density at radius 3 is 2.37 bits per heavy atom. The molecule has 3 rings (SSSR count). The zero-order valence-electron chi connectivity index (χ0n) is 16.5. The van der Waals surface area contributed by atoms with E-state index in [9.17, 15) is 9.59 Å². The number of carbonyl (C=O) groups excluding carboxylic acids is 2. The maximum atomic E-state index is 12.8. The second-order valence-electron chi connectivity index (χ2n) is 6.73. The number of Topliss-reactive ketones (excluding diaryl/α,β-unsaturated/α-hetero) is 1. The van der Waals surface area contributed by atoms with E-state index in [1.807, 2.05) is 60.7 Å². The quantitative estimate of drug-likeness (QED) is 0.495. The minimum Gasteiger partial charge on any atom is -0.445 e. The van der Waals surface area contributed by atoms with Crippen molar-refractivity contribution in [3.8, 4) is 0 Å². The molecule has 0 spiro atoms. The minimum atomic E-state index is -0.848. The summed E-state index contributed by atoms with van der Waals surface area (Å²) in [6.07, 6.45) is 0.617. The molecule has 156 valence electrons. The van der Waals surface area contributed by atoms with Crippen LogP contribution < -0.4 is 11.1 Å². The first-order chi connectivity index (χ1) is 14.7. The molecule has 0 radical (unpaired) electrons. The number of nitrogens with two attached hydrogens (primary N) is 1. The number of benzene rings is 2. The van der Waals surface area contributed by atoms with Crippen LogP contribution in [0.4, 0.5) is 4.79 Å². The molecule has 0 unspecified atom stereocenters. The Morgan fingerprint density at radius 2 is 1.70 bits per heavy atom. The van der Waals surface area contributed by atoms with Gasteiger partial charge in [-0.25, -0.2) is 4.79 Å². The molecule has 0 aliphatic rings. The van der Waals surface area contributed by atoms with E-state index in [2.05, 4.69) is 15.5 Å². The van der Waals surface area contributed by atoms with E-state index in [-0.39, 0.29) is 12.4 Å². The lowest BCUT2D eigenvalue weighted by atomic mass is 10.1. The van der Waals surface area contributed by atoms with Gasteiger partial charge in [-0.15, -0.1) is 0 Å². The largest absolute Gasteiger partial charge is 0.445 e. The lowest BCUT2D eigenvalue weighted by molar-refractivity contribution is 0.0897. The van der Waals surface area contributed by atoms with E-state index >= 15 is 0 Å². The van der Waals surface area contributed by atoms with E-state index < -0.39 is 17.9 Å². The molecule has 1 aromatic heterocycles. The third-order valence-corrected chi connectivity index (χ3v) is 4.40. The van der Waals surface area contributed by atoms with Crippen LogP contribution in [0.3, 0.4) is 0 Å². The van der Waals surface area contributed by atoms with E-state index in [0.717, 1.165) is 11.1 Å². The minimum absolute atomic E-state index is 0.0775. The smallest absolute Gasteiger partial charge is 0.408 e. The van der Waals surface area contributed by atoms with Crippen molar-refractivity contribution in [3.63, 3.8) is 0 Å². The van der Waals surface area contributed by atoms with E-state index in [0.29, 0.717) is 31.7 Å². The number of alkyl carbamates (subject to hydrolysis) is 1. The summed E-state index contributed by atoms with van der Waals surface area (Å²) in [4.78, 5) is 29.2. The van der Waals surface area contributed by atoms with Crippen molar-refractivity contribution in [3.05, 3.63) is 83.5 Å². The Bertz CT molecular complexity index is 944. The molecule has 1 amide bonds. The van der Waals surface area contributed by atoms with Crippen LogP contribution in [-0.2, 0) is 17.8 Å². The summed E-state index contributed by atoms with van der Waals surface area (Å²) >= 11 is 0. The van der Waals surface area contributed by atoms with Crippen molar-refractivity contribution in [1.82, 2.24) is 15.5 Å². The maximum absolute atomic E-state index is 12.8. The Balaban J connectivity index is 1.61. The van der Waals surface area contributed by atoms with Crippen LogP contribution in [0.15, 0.2) is 65.2 Å². The number of nitrogens with zero attached hydrogens (tertiary/aromatic N) is 2. The van der Waals surface area contributed by atoms with E-state index in [1.54, 1.807) is 0 Å². The number of aromatic nitrogens is 2. The highest BCUT2D eigenvalue weighted by atomic mass is 16.5. The van der Waals surface area contributed by atoms with Gasteiger partial charge in [0.25, 0.3) is 0 Å². The van der Waals surface area contributed by atoms with Crippen LogP contribution in [0.5, 0.6) is 0 Å². The molecule has 3 aromatic rings. The third-order valence-electron chi connectivity index (χ3n) is 4.40. The summed E-state index contributed by atoms with van der Waals surface area (Å²) < 4.78 is 10.4. The average Bonchev–Trinajstić information content (AvgIpc) is 3.24. The van der Waals surface area contributed by atoms with Crippen molar-refractivity contribution in [2.24, 2.45) is 5.73 Å². The van der Waals surface area contributed by atoms with Gasteiger partial charge in [0.05, 0.1) is 12.5 Å². The van der Waals surface area contributed by atoms with Crippen molar-refractivity contribution < 1.29 is 18.8 Å². The molecule has 3 N–H and O–H groups in total. The average molecular weight is 408 g/mol. The standard InChI is InChI=1S/C22H24N4O4/c23-13-7-12-18(24-22(28)29-15-17-10-5-2-6-11-17)20(27)21-25-19(30-26-21)14-16-8-3-1-4-9-16/h1-6,8-11,18H,7,12-15,23H2,(H,24,28)/t18-/m0/s1. The predicted molar refractivity (Wildman–Crippen MR) is 110 cm³/mol. The molecule has 8 nitrogen and oxygen atoms in total. The Kier molecular flexibility index (Phi) is 7.68. The Hall–Kier alpha value is -3.52. The van der Waals surface area contributed by atoms with Gasteiger partial charge in [0.1, 0.15) is 6.61 Å². The van der Waals surface area contributed by atoms with Crippen molar-refractivity contribution in [2.45, 2.75) is 31.9 Å². The van der Waals surface area contributed by atoms with Crippen LogP contribution in [0.2, 0.25) is 0 Å². The highest BCUT2D eigenvalue weighted by Crippen LogP contribution is 2.11. The van der Waals surface area contributed by atoms with Crippen LogP contribution >= 0.6 is 0 Å². The van der Waals surface area contributed by atoms with Crippen LogP contribution in [0.25, 0.3) is 0 Å². The summed E-state index contributed by atoms with van der Waals surface area (Å²) in [5.74, 6) is -0.191. The molecule has 0 fully saturated rings. The van der Waals surface area contributed by atoms with Crippen LogP contribution in [-0.4, -0.2) is 34.6 Å². The van der Waals surface area contributed by atoms with Gasteiger partial charge in [-0.05, 0) is 30.5 Å². The molecule has 8 heteroatoms. The number of hydrogen-bond donors (Lipinski definition) is 2. The fourth-order valence-corrected chi connectivity index (χ4v) is 2.85. The molecule has 1 heterocycles. The normalized spacial score (nSPS) is 11.6. The van der Waals surface area contributed by atoms with Gasteiger partial charge < -0.3 is 20.3 Å². The lowest BCUT2D eigenvalue weighted by Crippen LogP contribution is -2.41. The van der Waals surface area contributed by atoms with Gasteiger partial charge in [-0.3, -0.25) is 4.79 Å². The summed E-state index contributed by atoms with van der Waals surface area (Å²) in [6.45, 7) is 0.490. The first-order valence-electron chi connectivity index (χ1n) is 9.73. The molecule has 30 heavy (non-hydrogen) atoms. The number of amides is 1. The molecule has 0 saturated carbocycles. The molecule has 0 aliphatic heterocycles. The highest BCUT2D eigenvalue weighted by Gasteiger charge is 2.26. The van der Waals surface area contributed by atoms with Gasteiger partial charge in [-0.1, -0.05) is 65.8 Å².